The highest BCUT2D eigenvalue weighted by Gasteiger charge is 2.23. The summed E-state index contributed by atoms with van der Waals surface area (Å²) in [5.41, 5.74) is 1.98. The number of likely N-dealkylation sites (tertiary alicyclic amines) is 1. The van der Waals surface area contributed by atoms with Crippen LogP contribution in [0.4, 0.5) is 4.39 Å². The van der Waals surface area contributed by atoms with Gasteiger partial charge in [0.05, 0.1) is 13.5 Å². The van der Waals surface area contributed by atoms with Crippen LogP contribution in [0.1, 0.15) is 24.0 Å². The highest BCUT2D eigenvalue weighted by Crippen LogP contribution is 2.23. The first-order chi connectivity index (χ1) is 12.2. The maximum atomic E-state index is 13.7. The summed E-state index contributed by atoms with van der Waals surface area (Å²) < 4.78 is 18.7. The number of piperidine rings is 1. The van der Waals surface area contributed by atoms with Crippen molar-refractivity contribution in [2.75, 3.05) is 20.2 Å². The number of carbonyl (C=O) groups excluding carboxylic acids is 1. The molecule has 0 spiro atoms. The van der Waals surface area contributed by atoms with Crippen LogP contribution in [0, 0.1) is 11.7 Å². The molecule has 25 heavy (non-hydrogen) atoms. The molecule has 0 bridgehead atoms. The minimum Gasteiger partial charge on any atom is -0.494 e. The molecule has 1 saturated heterocycles. The summed E-state index contributed by atoms with van der Waals surface area (Å²) in [5, 5.41) is 0. The smallest absolute Gasteiger partial charge is 0.226 e. The lowest BCUT2D eigenvalue weighted by Gasteiger charge is -2.32. The summed E-state index contributed by atoms with van der Waals surface area (Å²) in [6, 6.07) is 8.80. The molecule has 1 aromatic carbocycles. The first-order valence-corrected chi connectivity index (χ1v) is 8.65. The van der Waals surface area contributed by atoms with Crippen molar-refractivity contribution in [3.8, 4) is 5.75 Å². The van der Waals surface area contributed by atoms with Crippen LogP contribution in [0.15, 0.2) is 42.7 Å². The van der Waals surface area contributed by atoms with Crippen molar-refractivity contribution in [1.82, 2.24) is 9.88 Å². The number of halogens is 1. The van der Waals surface area contributed by atoms with Gasteiger partial charge in [-0.25, -0.2) is 4.39 Å². The number of carbonyl (C=O) groups is 1. The number of ether oxygens (including phenoxy) is 1. The van der Waals surface area contributed by atoms with Crippen molar-refractivity contribution >= 4 is 5.91 Å². The van der Waals surface area contributed by atoms with Gasteiger partial charge in [0, 0.05) is 25.5 Å². The second-order valence-electron chi connectivity index (χ2n) is 6.53. The van der Waals surface area contributed by atoms with Crippen molar-refractivity contribution in [3.05, 3.63) is 59.7 Å². The number of amides is 1. The standard InChI is InChI=1S/C20H23FN2O2/c1-25-19-3-2-17(13-18(19)21)14-20(24)23-10-6-16(7-11-23)12-15-4-8-22-9-5-15/h2-5,8-9,13,16H,6-7,10-12,14H2,1H3. The van der Waals surface area contributed by atoms with Crippen LogP contribution in [0.5, 0.6) is 5.75 Å². The molecule has 1 fully saturated rings. The largest absolute Gasteiger partial charge is 0.494 e. The Hall–Kier alpha value is -2.43. The van der Waals surface area contributed by atoms with E-state index in [9.17, 15) is 9.18 Å². The first-order valence-electron chi connectivity index (χ1n) is 8.65. The van der Waals surface area contributed by atoms with Gasteiger partial charge < -0.3 is 9.64 Å². The number of methoxy groups -OCH3 is 1. The highest BCUT2D eigenvalue weighted by atomic mass is 19.1. The fraction of sp³-hybridized carbons (Fsp3) is 0.400. The molecule has 4 nitrogen and oxygen atoms in total. The van der Waals surface area contributed by atoms with E-state index >= 15 is 0 Å². The fourth-order valence-corrected chi connectivity index (χ4v) is 3.34. The maximum absolute atomic E-state index is 13.7. The number of rotatable bonds is 5. The normalized spacial score (nSPS) is 15.2. The Kier molecular flexibility index (Phi) is 5.64. The molecule has 0 radical (unpaired) electrons. The predicted molar refractivity (Wildman–Crippen MR) is 93.9 cm³/mol. The van der Waals surface area contributed by atoms with Crippen LogP contribution in [0.2, 0.25) is 0 Å². The van der Waals surface area contributed by atoms with Crippen molar-refractivity contribution in [3.63, 3.8) is 0 Å². The Morgan fingerprint density at radius 2 is 1.92 bits per heavy atom. The van der Waals surface area contributed by atoms with E-state index in [1.807, 2.05) is 17.3 Å². The number of benzene rings is 1. The van der Waals surface area contributed by atoms with Crippen LogP contribution in [0.3, 0.4) is 0 Å². The van der Waals surface area contributed by atoms with Crippen LogP contribution in [-0.4, -0.2) is 36.0 Å². The number of nitrogens with zero attached hydrogens (tertiary/aromatic N) is 2. The van der Waals surface area contributed by atoms with Gasteiger partial charge >= 0.3 is 0 Å². The van der Waals surface area contributed by atoms with Crippen LogP contribution in [-0.2, 0) is 17.6 Å². The summed E-state index contributed by atoms with van der Waals surface area (Å²) >= 11 is 0. The minimum atomic E-state index is -0.427. The Morgan fingerprint density at radius 3 is 2.56 bits per heavy atom. The molecule has 0 atom stereocenters. The van der Waals surface area contributed by atoms with Gasteiger partial charge in [0.15, 0.2) is 11.6 Å². The Balaban J connectivity index is 1.50. The van der Waals surface area contributed by atoms with Crippen molar-refractivity contribution < 1.29 is 13.9 Å². The van der Waals surface area contributed by atoms with Crippen LogP contribution in [0.25, 0.3) is 0 Å². The first kappa shape index (κ1) is 17.4. The van der Waals surface area contributed by atoms with E-state index < -0.39 is 5.82 Å². The molecule has 0 N–H and O–H groups in total. The van der Waals surface area contributed by atoms with Gasteiger partial charge in [0.25, 0.3) is 0 Å². The topological polar surface area (TPSA) is 42.4 Å². The minimum absolute atomic E-state index is 0.0620. The summed E-state index contributed by atoms with van der Waals surface area (Å²) in [6.45, 7) is 1.54. The SMILES string of the molecule is COc1ccc(CC(=O)N2CCC(Cc3ccncc3)CC2)cc1F. The Labute approximate surface area is 147 Å². The monoisotopic (exact) mass is 342 g/mol. The van der Waals surface area contributed by atoms with Gasteiger partial charge in [-0.05, 0) is 60.6 Å². The zero-order valence-corrected chi connectivity index (χ0v) is 14.5. The molecular weight excluding hydrogens is 319 g/mol. The van der Waals surface area contributed by atoms with E-state index in [-0.39, 0.29) is 18.1 Å². The fourth-order valence-electron chi connectivity index (χ4n) is 3.34. The van der Waals surface area contributed by atoms with Crippen molar-refractivity contribution in [2.24, 2.45) is 5.92 Å². The third kappa shape index (κ3) is 4.56. The average molecular weight is 342 g/mol. The van der Waals surface area contributed by atoms with E-state index in [0.29, 0.717) is 11.5 Å². The Morgan fingerprint density at radius 1 is 1.20 bits per heavy atom. The number of pyridine rings is 1. The molecule has 132 valence electrons. The van der Waals surface area contributed by atoms with Crippen LogP contribution < -0.4 is 4.74 Å². The quantitative estimate of drug-likeness (QED) is 0.838. The van der Waals surface area contributed by atoms with Gasteiger partial charge in [0.2, 0.25) is 5.91 Å². The molecule has 1 aliphatic rings. The molecular formula is C20H23FN2O2. The zero-order chi connectivity index (χ0) is 17.6. The second-order valence-corrected chi connectivity index (χ2v) is 6.53. The zero-order valence-electron chi connectivity index (χ0n) is 14.5. The molecule has 1 aromatic heterocycles. The molecule has 0 unspecified atom stereocenters. The molecule has 0 aliphatic carbocycles. The number of hydrogen-bond donors (Lipinski definition) is 0. The van der Waals surface area contributed by atoms with E-state index in [4.69, 9.17) is 4.74 Å². The third-order valence-corrected chi connectivity index (χ3v) is 4.81. The van der Waals surface area contributed by atoms with Gasteiger partial charge in [0.1, 0.15) is 0 Å². The molecule has 3 rings (SSSR count). The lowest BCUT2D eigenvalue weighted by atomic mass is 9.90. The predicted octanol–water partition coefficient (Wildman–Crippen LogP) is 3.25. The van der Waals surface area contributed by atoms with Gasteiger partial charge in [-0.15, -0.1) is 0 Å². The average Bonchev–Trinajstić information content (AvgIpc) is 2.63. The number of aromatic nitrogens is 1. The van der Waals surface area contributed by atoms with Gasteiger partial charge in [-0.2, -0.15) is 0 Å². The maximum Gasteiger partial charge on any atom is 0.226 e. The Bertz CT molecular complexity index is 713. The van der Waals surface area contributed by atoms with Crippen LogP contribution >= 0.6 is 0 Å². The van der Waals surface area contributed by atoms with E-state index in [1.54, 1.807) is 12.1 Å². The summed E-state index contributed by atoms with van der Waals surface area (Å²) in [6.07, 6.45) is 6.92. The summed E-state index contributed by atoms with van der Waals surface area (Å²) in [5.74, 6) is 0.439. The van der Waals surface area contributed by atoms with Gasteiger partial charge in [-0.3, -0.25) is 9.78 Å². The van der Waals surface area contributed by atoms with E-state index in [0.717, 1.165) is 32.4 Å². The molecule has 1 aliphatic heterocycles. The van der Waals surface area contributed by atoms with Crippen molar-refractivity contribution in [1.29, 1.82) is 0 Å². The molecule has 2 heterocycles. The van der Waals surface area contributed by atoms with Crippen molar-refractivity contribution in [2.45, 2.75) is 25.7 Å². The molecule has 1 amide bonds. The van der Waals surface area contributed by atoms with E-state index in [2.05, 4.69) is 17.1 Å². The lowest BCUT2D eigenvalue weighted by molar-refractivity contribution is -0.131. The number of hydrogen-bond acceptors (Lipinski definition) is 3. The van der Waals surface area contributed by atoms with E-state index in [1.165, 1.54) is 18.7 Å². The second kappa shape index (κ2) is 8.10. The molecule has 2 aromatic rings. The summed E-state index contributed by atoms with van der Waals surface area (Å²) in [7, 11) is 1.43. The third-order valence-electron chi connectivity index (χ3n) is 4.81. The molecule has 0 saturated carbocycles. The lowest BCUT2D eigenvalue weighted by Crippen LogP contribution is -2.39. The van der Waals surface area contributed by atoms with Gasteiger partial charge in [-0.1, -0.05) is 6.07 Å². The highest BCUT2D eigenvalue weighted by molar-refractivity contribution is 5.78. The molecule has 5 heteroatoms. The summed E-state index contributed by atoms with van der Waals surface area (Å²) in [4.78, 5) is 18.4.